The van der Waals surface area contributed by atoms with Crippen molar-refractivity contribution in [1.82, 2.24) is 0 Å². The minimum absolute atomic E-state index is 0.0330. The number of hydrogen-bond donors (Lipinski definition) is 2. The smallest absolute Gasteiger partial charge is 0.311 e. The van der Waals surface area contributed by atoms with Crippen molar-refractivity contribution in [3.05, 3.63) is 29.6 Å². The van der Waals surface area contributed by atoms with Crippen molar-refractivity contribution >= 4 is 21.7 Å². The number of carboxylic acids is 1. The van der Waals surface area contributed by atoms with Gasteiger partial charge in [-0.05, 0) is 36.0 Å². The van der Waals surface area contributed by atoms with Crippen molar-refractivity contribution in [3.8, 4) is 0 Å². The highest BCUT2D eigenvalue weighted by atomic mass is 32.2. The lowest BCUT2D eigenvalue weighted by atomic mass is 9.71. The summed E-state index contributed by atoms with van der Waals surface area (Å²) in [6, 6.07) is 3.92. The molecule has 1 saturated carbocycles. The van der Waals surface area contributed by atoms with E-state index in [-0.39, 0.29) is 17.5 Å². The molecule has 1 aliphatic carbocycles. The van der Waals surface area contributed by atoms with Gasteiger partial charge in [-0.3, -0.25) is 9.52 Å². The van der Waals surface area contributed by atoms with E-state index in [1.807, 2.05) is 6.92 Å². The third kappa shape index (κ3) is 4.43. The van der Waals surface area contributed by atoms with Crippen molar-refractivity contribution in [1.29, 1.82) is 0 Å². The second-order valence-corrected chi connectivity index (χ2v) is 8.10. The van der Waals surface area contributed by atoms with Gasteiger partial charge in [-0.15, -0.1) is 0 Å². The standard InChI is InChI=1S/C16H22FNO4S/c1-10-5-3-4-6-12(10)15(16(19)20)11-7-8-14(13(17)9-11)18-23(2,21)22/h7-10,12,15,18H,3-6H2,1-2H3,(H,19,20). The van der Waals surface area contributed by atoms with E-state index in [0.29, 0.717) is 5.56 Å². The number of nitrogens with one attached hydrogen (secondary N) is 1. The van der Waals surface area contributed by atoms with Crippen molar-refractivity contribution in [3.63, 3.8) is 0 Å². The lowest BCUT2D eigenvalue weighted by Crippen LogP contribution is -2.29. The Labute approximate surface area is 136 Å². The summed E-state index contributed by atoms with van der Waals surface area (Å²) in [5.41, 5.74) is 0.213. The minimum atomic E-state index is -3.58. The number of aliphatic carboxylic acids is 1. The summed E-state index contributed by atoms with van der Waals surface area (Å²) in [7, 11) is -3.58. The molecule has 0 heterocycles. The Morgan fingerprint density at radius 1 is 1.35 bits per heavy atom. The van der Waals surface area contributed by atoms with Crippen LogP contribution >= 0.6 is 0 Å². The molecule has 7 heteroatoms. The van der Waals surface area contributed by atoms with Crippen molar-refractivity contribution in [2.45, 2.75) is 38.5 Å². The van der Waals surface area contributed by atoms with E-state index >= 15 is 0 Å². The van der Waals surface area contributed by atoms with Gasteiger partial charge in [0.25, 0.3) is 0 Å². The molecule has 128 valence electrons. The van der Waals surface area contributed by atoms with Crippen molar-refractivity contribution in [2.75, 3.05) is 11.0 Å². The van der Waals surface area contributed by atoms with Gasteiger partial charge >= 0.3 is 5.97 Å². The second kappa shape index (κ2) is 6.86. The van der Waals surface area contributed by atoms with Gasteiger partial charge in [0.15, 0.2) is 0 Å². The van der Waals surface area contributed by atoms with Crippen LogP contribution in [0.2, 0.25) is 0 Å². The van der Waals surface area contributed by atoms with E-state index in [2.05, 4.69) is 4.72 Å². The molecule has 0 aliphatic heterocycles. The monoisotopic (exact) mass is 343 g/mol. The van der Waals surface area contributed by atoms with Crippen LogP contribution < -0.4 is 4.72 Å². The Morgan fingerprint density at radius 2 is 2.00 bits per heavy atom. The molecule has 1 fully saturated rings. The van der Waals surface area contributed by atoms with Crippen LogP contribution in [0.4, 0.5) is 10.1 Å². The van der Waals surface area contributed by atoms with Crippen LogP contribution in [-0.2, 0) is 14.8 Å². The van der Waals surface area contributed by atoms with Crippen LogP contribution in [0.5, 0.6) is 0 Å². The molecular formula is C16H22FNO4S. The number of benzene rings is 1. The molecule has 0 radical (unpaired) electrons. The van der Waals surface area contributed by atoms with E-state index in [1.54, 1.807) is 0 Å². The predicted octanol–water partition coefficient (Wildman–Crippen LogP) is 3.19. The number of rotatable bonds is 5. The van der Waals surface area contributed by atoms with Gasteiger partial charge in [-0.2, -0.15) is 0 Å². The summed E-state index contributed by atoms with van der Waals surface area (Å²) in [6.45, 7) is 2.04. The van der Waals surface area contributed by atoms with Gasteiger partial charge in [0.1, 0.15) is 5.82 Å². The molecule has 1 aromatic carbocycles. The van der Waals surface area contributed by atoms with Crippen molar-refractivity contribution < 1.29 is 22.7 Å². The van der Waals surface area contributed by atoms with Gasteiger partial charge < -0.3 is 5.11 Å². The highest BCUT2D eigenvalue weighted by molar-refractivity contribution is 7.92. The average Bonchev–Trinajstić information content (AvgIpc) is 2.42. The molecule has 5 nitrogen and oxygen atoms in total. The summed E-state index contributed by atoms with van der Waals surface area (Å²) < 4.78 is 38.6. The molecule has 2 rings (SSSR count). The normalized spacial score (nSPS) is 23.3. The van der Waals surface area contributed by atoms with Crippen LogP contribution in [0.25, 0.3) is 0 Å². The molecular weight excluding hydrogens is 321 g/mol. The first kappa shape index (κ1) is 17.7. The van der Waals surface area contributed by atoms with E-state index in [0.717, 1.165) is 38.0 Å². The van der Waals surface area contributed by atoms with Gasteiger partial charge in [0.05, 0.1) is 17.9 Å². The summed E-state index contributed by atoms with van der Waals surface area (Å²) in [5, 5.41) is 9.61. The van der Waals surface area contributed by atoms with Crippen LogP contribution in [0.3, 0.4) is 0 Å². The maximum atomic E-state index is 14.1. The molecule has 23 heavy (non-hydrogen) atoms. The first-order valence-electron chi connectivity index (χ1n) is 7.69. The first-order chi connectivity index (χ1) is 10.7. The molecule has 0 aromatic heterocycles. The topological polar surface area (TPSA) is 83.5 Å². The highest BCUT2D eigenvalue weighted by Gasteiger charge is 2.35. The largest absolute Gasteiger partial charge is 0.481 e. The summed E-state index contributed by atoms with van der Waals surface area (Å²) >= 11 is 0. The number of hydrogen-bond acceptors (Lipinski definition) is 3. The quantitative estimate of drug-likeness (QED) is 0.860. The van der Waals surface area contributed by atoms with Crippen LogP contribution in [0.15, 0.2) is 18.2 Å². The predicted molar refractivity (Wildman–Crippen MR) is 86.4 cm³/mol. The summed E-state index contributed by atoms with van der Waals surface area (Å²) in [6.07, 6.45) is 4.79. The molecule has 1 aliphatic rings. The molecule has 2 N–H and O–H groups in total. The second-order valence-electron chi connectivity index (χ2n) is 6.36. The number of sulfonamides is 1. The lowest BCUT2D eigenvalue weighted by Gasteiger charge is -2.33. The Morgan fingerprint density at radius 3 is 2.52 bits per heavy atom. The van der Waals surface area contributed by atoms with Crippen LogP contribution in [0.1, 0.15) is 44.1 Å². The number of carboxylic acid groups (broad SMARTS) is 1. The van der Waals surface area contributed by atoms with Gasteiger partial charge in [0.2, 0.25) is 10.0 Å². The van der Waals surface area contributed by atoms with Crippen molar-refractivity contribution in [2.24, 2.45) is 11.8 Å². The fourth-order valence-electron chi connectivity index (χ4n) is 3.42. The fourth-order valence-corrected chi connectivity index (χ4v) is 3.99. The Bertz CT molecular complexity index is 689. The van der Waals surface area contributed by atoms with Gasteiger partial charge in [0, 0.05) is 0 Å². The SMILES string of the molecule is CC1CCCCC1C(C(=O)O)c1ccc(NS(C)(=O)=O)c(F)c1. The molecule has 1 aromatic rings. The lowest BCUT2D eigenvalue weighted by molar-refractivity contribution is -0.141. The summed E-state index contributed by atoms with van der Waals surface area (Å²) in [5.74, 6) is -2.27. The van der Waals surface area contributed by atoms with E-state index in [1.165, 1.54) is 12.1 Å². The molecule has 3 unspecified atom stereocenters. The fraction of sp³-hybridized carbons (Fsp3) is 0.562. The Kier molecular flexibility index (Phi) is 5.29. The van der Waals surface area contributed by atoms with E-state index in [9.17, 15) is 22.7 Å². The molecule has 0 amide bonds. The third-order valence-electron chi connectivity index (χ3n) is 4.52. The van der Waals surface area contributed by atoms with E-state index < -0.39 is 27.7 Å². The number of anilines is 1. The maximum absolute atomic E-state index is 14.1. The van der Waals surface area contributed by atoms with E-state index in [4.69, 9.17) is 0 Å². The maximum Gasteiger partial charge on any atom is 0.311 e. The molecule has 0 saturated heterocycles. The van der Waals surface area contributed by atoms with Crippen LogP contribution in [0, 0.1) is 17.7 Å². The van der Waals surface area contributed by atoms with Crippen LogP contribution in [-0.4, -0.2) is 25.7 Å². The average molecular weight is 343 g/mol. The molecule has 0 spiro atoms. The highest BCUT2D eigenvalue weighted by Crippen LogP contribution is 2.40. The number of carbonyl (C=O) groups is 1. The summed E-state index contributed by atoms with van der Waals surface area (Å²) in [4.78, 5) is 11.7. The van der Waals surface area contributed by atoms with Gasteiger partial charge in [-0.1, -0.05) is 32.3 Å². The van der Waals surface area contributed by atoms with Gasteiger partial charge in [-0.25, -0.2) is 12.8 Å². The minimum Gasteiger partial charge on any atom is -0.481 e. The Balaban J connectivity index is 2.33. The third-order valence-corrected chi connectivity index (χ3v) is 5.11. The number of halogens is 1. The zero-order chi connectivity index (χ0) is 17.2. The molecule has 3 atom stereocenters. The zero-order valence-electron chi connectivity index (χ0n) is 13.3. The first-order valence-corrected chi connectivity index (χ1v) is 9.58. The molecule has 0 bridgehead atoms. The zero-order valence-corrected chi connectivity index (χ0v) is 14.1. The Hall–Kier alpha value is -1.63.